The van der Waals surface area contributed by atoms with Crippen LogP contribution in [-0.2, 0) is 5.41 Å². The number of allylic oxidation sites excluding steroid dienone is 16. The standard InChI is InChI=1S/C59H48N4/c1-3-4-21-45-38(2)59(51-25-14-11-22-46(45)51)52-26-15-12-23-47(52)49-36-50-48-24-13-16-27-54(48)63(55(50)37-53(49)59)58-61-56(43-32-28-41(29-33-43)39-17-7-5-8-18-39)60-57(62-58)44-34-30-42(31-35-44)40-19-9-6-10-20-40/h3-9,12-13,15-19,21-30,32-34,36-37,57H,1,10-11,14,20,31,35H2,2H3,(H,60,61,62)/b21-4-. The number of nitrogens with one attached hydrogen (secondary N) is 1. The highest BCUT2D eigenvalue weighted by Crippen LogP contribution is 2.64. The molecule has 63 heavy (non-hydrogen) atoms. The monoisotopic (exact) mass is 812 g/mol. The molecule has 5 aromatic carbocycles. The van der Waals surface area contributed by atoms with Gasteiger partial charge < -0.3 is 5.32 Å². The van der Waals surface area contributed by atoms with Crippen LogP contribution in [0.3, 0.4) is 0 Å². The van der Waals surface area contributed by atoms with Gasteiger partial charge in [-0.2, -0.15) is 0 Å². The molecule has 6 aromatic rings. The van der Waals surface area contributed by atoms with Gasteiger partial charge in [0.05, 0.1) is 16.4 Å². The first-order valence-electron chi connectivity index (χ1n) is 22.6. The van der Waals surface area contributed by atoms with Gasteiger partial charge in [0.15, 0.2) is 6.17 Å². The van der Waals surface area contributed by atoms with Crippen LogP contribution in [0.2, 0.25) is 0 Å². The molecule has 4 heteroatoms. The van der Waals surface area contributed by atoms with E-state index >= 15 is 0 Å². The maximum Gasteiger partial charge on any atom is 0.211 e. The Morgan fingerprint density at radius 2 is 1.46 bits per heavy atom. The Morgan fingerprint density at radius 1 is 0.683 bits per heavy atom. The Balaban J connectivity index is 1.06. The van der Waals surface area contributed by atoms with Gasteiger partial charge in [-0.05, 0) is 136 Å². The van der Waals surface area contributed by atoms with Gasteiger partial charge in [0.2, 0.25) is 5.96 Å². The number of amidine groups is 1. The molecular weight excluding hydrogens is 765 g/mol. The number of aliphatic imine (C=N–C) groups is 2. The zero-order valence-electron chi connectivity index (χ0n) is 35.6. The van der Waals surface area contributed by atoms with Gasteiger partial charge >= 0.3 is 0 Å². The maximum absolute atomic E-state index is 5.58. The van der Waals surface area contributed by atoms with Crippen LogP contribution in [0.25, 0.3) is 44.1 Å². The summed E-state index contributed by atoms with van der Waals surface area (Å²) in [6, 6.07) is 42.3. The molecule has 5 aliphatic carbocycles. The Kier molecular flexibility index (Phi) is 8.89. The molecule has 0 radical (unpaired) electrons. The van der Waals surface area contributed by atoms with Crippen molar-refractivity contribution in [3.63, 3.8) is 0 Å². The second-order valence-corrected chi connectivity index (χ2v) is 17.5. The third kappa shape index (κ3) is 5.81. The van der Waals surface area contributed by atoms with Gasteiger partial charge in [-0.3, -0.25) is 4.57 Å². The summed E-state index contributed by atoms with van der Waals surface area (Å²) in [5.74, 6) is 1.61. The van der Waals surface area contributed by atoms with Crippen molar-refractivity contribution in [3.8, 4) is 22.3 Å². The number of hydrogen-bond donors (Lipinski definition) is 1. The molecule has 0 amide bonds. The number of hydrogen-bond acceptors (Lipinski definition) is 3. The predicted molar refractivity (Wildman–Crippen MR) is 263 cm³/mol. The van der Waals surface area contributed by atoms with E-state index in [4.69, 9.17) is 9.98 Å². The van der Waals surface area contributed by atoms with Crippen molar-refractivity contribution >= 4 is 33.6 Å². The molecule has 1 aromatic heterocycles. The third-order valence-electron chi connectivity index (χ3n) is 14.2. The molecule has 0 saturated heterocycles. The average molecular weight is 813 g/mol. The number of para-hydroxylation sites is 1. The van der Waals surface area contributed by atoms with Crippen LogP contribution in [0.1, 0.15) is 62.1 Å². The number of aromatic nitrogens is 1. The summed E-state index contributed by atoms with van der Waals surface area (Å²) in [5.41, 5.74) is 20.1. The molecule has 1 spiro atoms. The molecule has 1 aliphatic heterocycles. The highest BCUT2D eigenvalue weighted by atomic mass is 15.3. The number of fused-ring (bicyclic) bond motifs is 10. The van der Waals surface area contributed by atoms with Gasteiger partial charge in [0, 0.05) is 16.3 Å². The van der Waals surface area contributed by atoms with Gasteiger partial charge in [-0.25, -0.2) is 9.98 Å². The second-order valence-electron chi connectivity index (χ2n) is 17.5. The highest BCUT2D eigenvalue weighted by molar-refractivity contribution is 6.19. The second kappa shape index (κ2) is 15.0. The molecule has 2 unspecified atom stereocenters. The smallest absolute Gasteiger partial charge is 0.211 e. The quantitative estimate of drug-likeness (QED) is 0.167. The van der Waals surface area contributed by atoms with Crippen molar-refractivity contribution < 1.29 is 0 Å². The van der Waals surface area contributed by atoms with Crippen LogP contribution in [0, 0.1) is 0 Å². The number of benzene rings is 5. The topological polar surface area (TPSA) is 41.7 Å². The molecule has 0 fully saturated rings. The van der Waals surface area contributed by atoms with E-state index in [2.05, 4.69) is 193 Å². The summed E-state index contributed by atoms with van der Waals surface area (Å²) >= 11 is 0. The fourth-order valence-corrected chi connectivity index (χ4v) is 11.3. The Bertz CT molecular complexity index is 3260. The highest BCUT2D eigenvalue weighted by Gasteiger charge is 2.53. The van der Waals surface area contributed by atoms with Gasteiger partial charge in [-0.1, -0.05) is 164 Å². The first kappa shape index (κ1) is 37.5. The minimum Gasteiger partial charge on any atom is -0.310 e. The molecule has 2 atom stereocenters. The Morgan fingerprint density at radius 3 is 2.29 bits per heavy atom. The zero-order chi connectivity index (χ0) is 42.1. The van der Waals surface area contributed by atoms with Crippen molar-refractivity contribution in [1.82, 2.24) is 9.88 Å². The molecule has 12 rings (SSSR count). The van der Waals surface area contributed by atoms with E-state index in [0.717, 1.165) is 66.9 Å². The zero-order valence-corrected chi connectivity index (χ0v) is 35.6. The molecule has 304 valence electrons. The Hall–Kier alpha value is -7.30. The fourth-order valence-electron chi connectivity index (χ4n) is 11.3. The molecule has 6 aliphatic rings. The fraction of sp³-hybridized carbons (Fsp3) is 0.153. The molecule has 0 bridgehead atoms. The summed E-state index contributed by atoms with van der Waals surface area (Å²) in [4.78, 5) is 11.0. The van der Waals surface area contributed by atoms with Crippen LogP contribution >= 0.6 is 0 Å². The third-order valence-corrected chi connectivity index (χ3v) is 14.2. The lowest BCUT2D eigenvalue weighted by atomic mass is 9.69. The van der Waals surface area contributed by atoms with E-state index in [-0.39, 0.29) is 6.17 Å². The van der Waals surface area contributed by atoms with Crippen LogP contribution < -0.4 is 5.32 Å². The van der Waals surface area contributed by atoms with Gasteiger partial charge in [-0.15, -0.1) is 0 Å². The molecule has 2 heterocycles. The lowest BCUT2D eigenvalue weighted by Crippen LogP contribution is -2.41. The van der Waals surface area contributed by atoms with Crippen LogP contribution in [0.5, 0.6) is 0 Å². The molecule has 0 saturated carbocycles. The lowest BCUT2D eigenvalue weighted by molar-refractivity contribution is 0.722. The van der Waals surface area contributed by atoms with Gasteiger partial charge in [0.1, 0.15) is 5.84 Å². The largest absolute Gasteiger partial charge is 0.310 e. The molecule has 4 nitrogen and oxygen atoms in total. The number of nitrogens with zero attached hydrogens (tertiary/aromatic N) is 3. The maximum atomic E-state index is 5.58. The van der Waals surface area contributed by atoms with Crippen molar-refractivity contribution in [1.29, 1.82) is 0 Å². The summed E-state index contributed by atoms with van der Waals surface area (Å²) in [6.07, 6.45) is 28.4. The van der Waals surface area contributed by atoms with E-state index in [0.29, 0.717) is 0 Å². The predicted octanol–water partition coefficient (Wildman–Crippen LogP) is 14.0. The Labute approximate surface area is 369 Å². The first-order chi connectivity index (χ1) is 31.1. The minimum absolute atomic E-state index is 0.372. The summed E-state index contributed by atoms with van der Waals surface area (Å²) in [6.45, 7) is 6.39. The molecule has 1 N–H and O–H groups in total. The van der Waals surface area contributed by atoms with E-state index in [1.807, 2.05) is 6.08 Å². The SMILES string of the molecule is C=C/C=C\C1=C(C)C2(C3=CCCC=C31)c1ccccc1-c1cc3c4ccccc4n(C4=NC(C5=CC=C(C6=CC=CCC6)CC5)N=C(c5ccc(-c6ccccc6)cc5)N4)c3cc12. The van der Waals surface area contributed by atoms with Crippen LogP contribution in [-0.4, -0.2) is 22.5 Å². The van der Waals surface area contributed by atoms with E-state index in [1.165, 1.54) is 83.2 Å². The van der Waals surface area contributed by atoms with Crippen molar-refractivity contribution in [3.05, 3.63) is 238 Å². The minimum atomic E-state index is -0.410. The van der Waals surface area contributed by atoms with Crippen LogP contribution in [0.15, 0.2) is 232 Å². The summed E-state index contributed by atoms with van der Waals surface area (Å²) < 4.78 is 2.38. The van der Waals surface area contributed by atoms with Crippen LogP contribution in [0.4, 0.5) is 0 Å². The van der Waals surface area contributed by atoms with Crippen molar-refractivity contribution in [2.75, 3.05) is 0 Å². The summed E-state index contributed by atoms with van der Waals surface area (Å²) in [5, 5.41) is 6.25. The normalized spacial score (nSPS) is 21.3. The van der Waals surface area contributed by atoms with Crippen molar-refractivity contribution in [2.45, 2.75) is 57.0 Å². The van der Waals surface area contributed by atoms with Gasteiger partial charge in [0.25, 0.3) is 0 Å². The van der Waals surface area contributed by atoms with E-state index < -0.39 is 5.41 Å². The van der Waals surface area contributed by atoms with Crippen molar-refractivity contribution in [2.24, 2.45) is 9.98 Å². The average Bonchev–Trinajstić information content (AvgIpc) is 3.93. The van der Waals surface area contributed by atoms with E-state index in [9.17, 15) is 0 Å². The number of rotatable bonds is 6. The lowest BCUT2D eigenvalue weighted by Gasteiger charge is -2.33. The first-order valence-corrected chi connectivity index (χ1v) is 22.6. The molecular formula is C59H48N4. The van der Waals surface area contributed by atoms with E-state index in [1.54, 1.807) is 0 Å². The summed E-state index contributed by atoms with van der Waals surface area (Å²) in [7, 11) is 0.